The minimum absolute atomic E-state index is 0.547. The maximum atomic E-state index is 11.1. The lowest BCUT2D eigenvalue weighted by Crippen LogP contribution is -2.43. The molecule has 0 saturated carbocycles. The SMILES string of the molecule is Cc1cc(/C=C/C(=O)NO)ccc1-c1ccc(N2CCNCC2)nc1. The Bertz CT molecular complexity index is 765. The molecule has 0 bridgehead atoms. The lowest BCUT2D eigenvalue weighted by Gasteiger charge is -2.28. The summed E-state index contributed by atoms with van der Waals surface area (Å²) in [5, 5.41) is 11.9. The van der Waals surface area contributed by atoms with Gasteiger partial charge in [0.25, 0.3) is 5.91 Å². The Balaban J connectivity index is 1.77. The van der Waals surface area contributed by atoms with Crippen LogP contribution in [-0.4, -0.2) is 42.3 Å². The third-order valence-electron chi connectivity index (χ3n) is 4.29. The molecule has 2 aromatic rings. The van der Waals surface area contributed by atoms with Crippen molar-refractivity contribution in [3.8, 4) is 11.1 Å². The molecule has 1 aliphatic rings. The molecule has 1 aliphatic heterocycles. The number of aromatic nitrogens is 1. The highest BCUT2D eigenvalue weighted by molar-refractivity contribution is 5.91. The molecule has 0 unspecified atom stereocenters. The summed E-state index contributed by atoms with van der Waals surface area (Å²) >= 11 is 0. The number of benzene rings is 1. The van der Waals surface area contributed by atoms with Gasteiger partial charge in [0.15, 0.2) is 0 Å². The molecule has 1 aromatic carbocycles. The third kappa shape index (κ3) is 4.23. The molecule has 2 heterocycles. The topological polar surface area (TPSA) is 77.5 Å². The average Bonchev–Trinajstić information content (AvgIpc) is 2.67. The maximum Gasteiger partial charge on any atom is 0.267 e. The summed E-state index contributed by atoms with van der Waals surface area (Å²) in [5.41, 5.74) is 5.76. The Morgan fingerprint density at radius 3 is 2.72 bits per heavy atom. The van der Waals surface area contributed by atoms with E-state index in [9.17, 15) is 4.79 Å². The van der Waals surface area contributed by atoms with Gasteiger partial charge in [0.1, 0.15) is 5.82 Å². The Morgan fingerprint density at radius 2 is 2.08 bits per heavy atom. The van der Waals surface area contributed by atoms with Crippen LogP contribution < -0.4 is 15.7 Å². The van der Waals surface area contributed by atoms with Crippen LogP contribution >= 0.6 is 0 Å². The minimum Gasteiger partial charge on any atom is -0.354 e. The molecule has 3 rings (SSSR count). The van der Waals surface area contributed by atoms with Gasteiger partial charge in [-0.15, -0.1) is 0 Å². The second kappa shape index (κ2) is 7.92. The highest BCUT2D eigenvalue weighted by Crippen LogP contribution is 2.25. The smallest absolute Gasteiger partial charge is 0.267 e. The molecule has 1 amide bonds. The van der Waals surface area contributed by atoms with Gasteiger partial charge < -0.3 is 10.2 Å². The van der Waals surface area contributed by atoms with E-state index in [1.807, 2.05) is 31.3 Å². The first-order valence-corrected chi connectivity index (χ1v) is 8.32. The van der Waals surface area contributed by atoms with Crippen molar-refractivity contribution in [3.63, 3.8) is 0 Å². The van der Waals surface area contributed by atoms with Crippen LogP contribution in [0.15, 0.2) is 42.6 Å². The molecule has 130 valence electrons. The average molecular weight is 338 g/mol. The van der Waals surface area contributed by atoms with Crippen molar-refractivity contribution in [1.29, 1.82) is 0 Å². The van der Waals surface area contributed by atoms with Crippen molar-refractivity contribution in [2.75, 3.05) is 31.1 Å². The van der Waals surface area contributed by atoms with Crippen molar-refractivity contribution in [2.45, 2.75) is 6.92 Å². The third-order valence-corrected chi connectivity index (χ3v) is 4.29. The van der Waals surface area contributed by atoms with Crippen LogP contribution in [0.25, 0.3) is 17.2 Å². The zero-order chi connectivity index (χ0) is 17.6. The quantitative estimate of drug-likeness (QED) is 0.451. The molecule has 1 fully saturated rings. The summed E-state index contributed by atoms with van der Waals surface area (Å²) in [6.45, 7) is 5.97. The molecular formula is C19H22N4O2. The fourth-order valence-corrected chi connectivity index (χ4v) is 2.95. The number of carbonyl (C=O) groups excluding carboxylic acids is 1. The van der Waals surface area contributed by atoms with Crippen molar-refractivity contribution < 1.29 is 10.0 Å². The number of hydroxylamine groups is 1. The Hall–Kier alpha value is -2.70. The first-order valence-electron chi connectivity index (χ1n) is 8.32. The summed E-state index contributed by atoms with van der Waals surface area (Å²) in [5.74, 6) is 0.465. The molecule has 1 aromatic heterocycles. The van der Waals surface area contributed by atoms with Gasteiger partial charge >= 0.3 is 0 Å². The van der Waals surface area contributed by atoms with Gasteiger partial charge in [-0.1, -0.05) is 18.2 Å². The highest BCUT2D eigenvalue weighted by Gasteiger charge is 2.11. The number of hydrogen-bond donors (Lipinski definition) is 3. The summed E-state index contributed by atoms with van der Waals surface area (Å²) in [7, 11) is 0. The van der Waals surface area contributed by atoms with E-state index < -0.39 is 5.91 Å². The van der Waals surface area contributed by atoms with Crippen LogP contribution in [0.2, 0.25) is 0 Å². The van der Waals surface area contributed by atoms with E-state index in [1.54, 1.807) is 11.6 Å². The van der Waals surface area contributed by atoms with Crippen molar-refractivity contribution >= 4 is 17.8 Å². The zero-order valence-electron chi connectivity index (χ0n) is 14.2. The number of aryl methyl sites for hydroxylation is 1. The van der Waals surface area contributed by atoms with Gasteiger partial charge in [-0.05, 0) is 41.8 Å². The van der Waals surface area contributed by atoms with E-state index in [1.165, 1.54) is 6.08 Å². The standard InChI is InChI=1S/C19H22N4O2/c1-14-12-15(3-7-19(24)22-25)2-5-17(14)16-4-6-18(21-13-16)23-10-8-20-9-11-23/h2-7,12-13,20,25H,8-11H2,1H3,(H,22,24)/b7-3+. The molecule has 0 radical (unpaired) electrons. The van der Waals surface area contributed by atoms with Gasteiger partial charge in [-0.2, -0.15) is 0 Å². The summed E-state index contributed by atoms with van der Waals surface area (Å²) < 4.78 is 0. The van der Waals surface area contributed by atoms with E-state index in [2.05, 4.69) is 27.3 Å². The number of pyridine rings is 1. The van der Waals surface area contributed by atoms with Crippen LogP contribution in [0.3, 0.4) is 0 Å². The van der Waals surface area contributed by atoms with E-state index in [0.717, 1.165) is 54.3 Å². The predicted molar refractivity (Wildman–Crippen MR) is 98.5 cm³/mol. The Kier molecular flexibility index (Phi) is 5.42. The first-order chi connectivity index (χ1) is 12.2. The van der Waals surface area contributed by atoms with Crippen LogP contribution in [0.4, 0.5) is 5.82 Å². The zero-order valence-corrected chi connectivity index (χ0v) is 14.2. The molecule has 0 spiro atoms. The van der Waals surface area contributed by atoms with Crippen molar-refractivity contribution in [3.05, 3.63) is 53.7 Å². The van der Waals surface area contributed by atoms with Gasteiger partial charge in [0.2, 0.25) is 0 Å². The van der Waals surface area contributed by atoms with Crippen molar-refractivity contribution in [1.82, 2.24) is 15.8 Å². The normalized spacial score (nSPS) is 14.7. The molecule has 6 nitrogen and oxygen atoms in total. The second-order valence-electron chi connectivity index (χ2n) is 6.03. The lowest BCUT2D eigenvalue weighted by molar-refractivity contribution is -0.124. The highest BCUT2D eigenvalue weighted by atomic mass is 16.5. The summed E-state index contributed by atoms with van der Waals surface area (Å²) in [4.78, 5) is 18.0. The molecular weight excluding hydrogens is 316 g/mol. The van der Waals surface area contributed by atoms with Gasteiger partial charge in [0, 0.05) is 44.0 Å². The summed E-state index contributed by atoms with van der Waals surface area (Å²) in [6.07, 6.45) is 4.86. The predicted octanol–water partition coefficient (Wildman–Crippen LogP) is 1.99. The fourth-order valence-electron chi connectivity index (χ4n) is 2.95. The van der Waals surface area contributed by atoms with Crippen LogP contribution in [0.5, 0.6) is 0 Å². The van der Waals surface area contributed by atoms with Crippen LogP contribution in [0.1, 0.15) is 11.1 Å². The van der Waals surface area contributed by atoms with Gasteiger partial charge in [-0.3, -0.25) is 10.0 Å². The number of rotatable bonds is 4. The largest absolute Gasteiger partial charge is 0.354 e. The molecule has 0 atom stereocenters. The Morgan fingerprint density at radius 1 is 1.28 bits per heavy atom. The lowest BCUT2D eigenvalue weighted by atomic mass is 9.99. The number of nitrogens with one attached hydrogen (secondary N) is 2. The van der Waals surface area contributed by atoms with E-state index in [-0.39, 0.29) is 0 Å². The minimum atomic E-state index is -0.547. The monoisotopic (exact) mass is 338 g/mol. The maximum absolute atomic E-state index is 11.1. The summed E-state index contributed by atoms with van der Waals surface area (Å²) in [6, 6.07) is 10.1. The van der Waals surface area contributed by atoms with E-state index in [4.69, 9.17) is 5.21 Å². The van der Waals surface area contributed by atoms with Crippen LogP contribution in [-0.2, 0) is 4.79 Å². The first kappa shape index (κ1) is 17.1. The number of nitrogens with zero attached hydrogens (tertiary/aromatic N) is 2. The van der Waals surface area contributed by atoms with E-state index >= 15 is 0 Å². The van der Waals surface area contributed by atoms with E-state index in [0.29, 0.717) is 0 Å². The molecule has 1 saturated heterocycles. The van der Waals surface area contributed by atoms with Gasteiger partial charge in [0.05, 0.1) is 0 Å². The number of piperazine rings is 1. The fraction of sp³-hybridized carbons (Fsp3) is 0.263. The molecule has 25 heavy (non-hydrogen) atoms. The molecule has 3 N–H and O–H groups in total. The molecule has 6 heteroatoms. The number of anilines is 1. The number of carbonyl (C=O) groups is 1. The van der Waals surface area contributed by atoms with Crippen LogP contribution in [0, 0.1) is 6.92 Å². The second-order valence-corrected chi connectivity index (χ2v) is 6.03. The number of hydrogen-bond acceptors (Lipinski definition) is 5. The Labute approximate surface area is 147 Å². The van der Waals surface area contributed by atoms with Crippen molar-refractivity contribution in [2.24, 2.45) is 0 Å². The van der Waals surface area contributed by atoms with Gasteiger partial charge in [-0.25, -0.2) is 10.5 Å². The molecule has 0 aliphatic carbocycles. The number of amides is 1.